The van der Waals surface area contributed by atoms with Gasteiger partial charge in [0.15, 0.2) is 0 Å². The number of carbonyl (C=O) groups excluding carboxylic acids is 1. The van der Waals surface area contributed by atoms with E-state index >= 15 is 0 Å². The molecule has 1 aromatic carbocycles. The third-order valence-corrected chi connectivity index (χ3v) is 4.71. The number of nitrogens with zero attached hydrogens (tertiary/aromatic N) is 2. The van der Waals surface area contributed by atoms with Crippen molar-refractivity contribution in [1.29, 1.82) is 0 Å². The van der Waals surface area contributed by atoms with E-state index in [-0.39, 0.29) is 6.03 Å². The third-order valence-electron chi connectivity index (χ3n) is 4.71. The lowest BCUT2D eigenvalue weighted by molar-refractivity contribution is 0.0500. The topological polar surface area (TPSA) is 35.6 Å². The molecule has 4 nitrogen and oxygen atoms in total. The molecule has 3 rings (SSSR count). The van der Waals surface area contributed by atoms with Gasteiger partial charge in [-0.1, -0.05) is 38.0 Å². The van der Waals surface area contributed by atoms with E-state index in [1.54, 1.807) is 0 Å². The van der Waals surface area contributed by atoms with Gasteiger partial charge in [-0.05, 0) is 25.1 Å². The van der Waals surface area contributed by atoms with E-state index in [0.29, 0.717) is 12.0 Å². The first-order chi connectivity index (χ1) is 10.3. The number of carbonyl (C=O) groups is 1. The molecule has 1 N–H and O–H groups in total. The molecule has 1 aromatic rings. The van der Waals surface area contributed by atoms with Gasteiger partial charge < -0.3 is 10.2 Å². The largest absolute Gasteiger partial charge is 0.323 e. The lowest BCUT2D eigenvalue weighted by Gasteiger charge is -2.43. The summed E-state index contributed by atoms with van der Waals surface area (Å²) >= 11 is 0. The smallest absolute Gasteiger partial charge is 0.321 e. The van der Waals surface area contributed by atoms with Gasteiger partial charge in [-0.15, -0.1) is 0 Å². The van der Waals surface area contributed by atoms with E-state index in [9.17, 15) is 4.79 Å². The Morgan fingerprint density at radius 2 is 2.00 bits per heavy atom. The number of fused-ring (bicyclic) bond motifs is 1. The normalized spacial score (nSPS) is 24.5. The highest BCUT2D eigenvalue weighted by atomic mass is 16.2. The minimum Gasteiger partial charge on any atom is -0.323 e. The number of rotatable bonds is 5. The van der Waals surface area contributed by atoms with Gasteiger partial charge in [-0.25, -0.2) is 4.79 Å². The van der Waals surface area contributed by atoms with E-state index in [1.165, 1.54) is 32.4 Å². The van der Waals surface area contributed by atoms with Crippen LogP contribution < -0.4 is 5.32 Å². The second kappa shape index (κ2) is 6.48. The molecule has 0 spiro atoms. The fourth-order valence-electron chi connectivity index (χ4n) is 3.46. The molecule has 0 saturated carbocycles. The van der Waals surface area contributed by atoms with Crippen LogP contribution in [0.2, 0.25) is 0 Å². The van der Waals surface area contributed by atoms with Crippen LogP contribution in [-0.2, 0) is 0 Å². The summed E-state index contributed by atoms with van der Waals surface area (Å²) in [6, 6.07) is 10.4. The number of amides is 2. The summed E-state index contributed by atoms with van der Waals surface area (Å²) in [4.78, 5) is 16.8. The average molecular weight is 287 g/mol. The average Bonchev–Trinajstić information content (AvgIpc) is 2.82. The van der Waals surface area contributed by atoms with Crippen molar-refractivity contribution in [3.05, 3.63) is 30.3 Å². The molecule has 2 saturated heterocycles. The Labute approximate surface area is 127 Å². The highest BCUT2D eigenvalue weighted by molar-refractivity contribution is 5.89. The number of likely N-dealkylation sites (tertiary alicyclic amines) is 2. The fourth-order valence-corrected chi connectivity index (χ4v) is 3.46. The molecule has 2 unspecified atom stereocenters. The summed E-state index contributed by atoms with van der Waals surface area (Å²) in [6.45, 7) is 6.40. The molecule has 0 radical (unpaired) electrons. The van der Waals surface area contributed by atoms with Gasteiger partial charge in [0.25, 0.3) is 0 Å². The SMILES string of the molecule is CCCCCN1CC2CN(C(=O)Nc3ccccc3)CC21. The van der Waals surface area contributed by atoms with Gasteiger partial charge >= 0.3 is 6.03 Å². The van der Waals surface area contributed by atoms with Gasteiger partial charge in [0.2, 0.25) is 0 Å². The molecule has 114 valence electrons. The van der Waals surface area contributed by atoms with Gasteiger partial charge in [0.1, 0.15) is 0 Å². The molecule has 2 aliphatic heterocycles. The van der Waals surface area contributed by atoms with E-state index in [4.69, 9.17) is 0 Å². The van der Waals surface area contributed by atoms with Crippen LogP contribution in [0, 0.1) is 5.92 Å². The first-order valence-electron chi connectivity index (χ1n) is 8.13. The zero-order valence-corrected chi connectivity index (χ0v) is 12.8. The predicted molar refractivity (Wildman–Crippen MR) is 85.4 cm³/mol. The van der Waals surface area contributed by atoms with Crippen molar-refractivity contribution in [3.63, 3.8) is 0 Å². The standard InChI is InChI=1S/C17H25N3O/c1-2-3-7-10-19-11-14-12-20(13-16(14)19)17(21)18-15-8-5-4-6-9-15/h4-6,8-9,14,16H,2-3,7,10-13H2,1H3,(H,18,21). The van der Waals surface area contributed by atoms with Crippen LogP contribution in [0.1, 0.15) is 26.2 Å². The second-order valence-corrected chi connectivity index (χ2v) is 6.23. The summed E-state index contributed by atoms with van der Waals surface area (Å²) in [5, 5.41) is 2.99. The summed E-state index contributed by atoms with van der Waals surface area (Å²) in [7, 11) is 0. The number of benzene rings is 1. The molecule has 2 fully saturated rings. The molecule has 0 aliphatic carbocycles. The van der Waals surface area contributed by atoms with Crippen LogP contribution in [0.25, 0.3) is 0 Å². The summed E-state index contributed by atoms with van der Waals surface area (Å²) < 4.78 is 0. The van der Waals surface area contributed by atoms with E-state index in [0.717, 1.165) is 18.8 Å². The molecule has 0 bridgehead atoms. The third kappa shape index (κ3) is 3.21. The maximum absolute atomic E-state index is 12.3. The Kier molecular flexibility index (Phi) is 4.44. The van der Waals surface area contributed by atoms with Crippen molar-refractivity contribution < 1.29 is 4.79 Å². The van der Waals surface area contributed by atoms with Crippen molar-refractivity contribution in [3.8, 4) is 0 Å². The molecule has 2 aliphatic rings. The van der Waals surface area contributed by atoms with E-state index in [1.807, 2.05) is 35.2 Å². The maximum atomic E-state index is 12.3. The fraction of sp³-hybridized carbons (Fsp3) is 0.588. The zero-order valence-electron chi connectivity index (χ0n) is 12.8. The van der Waals surface area contributed by atoms with Crippen LogP contribution in [-0.4, -0.2) is 48.1 Å². The Morgan fingerprint density at radius 1 is 1.19 bits per heavy atom. The van der Waals surface area contributed by atoms with Crippen molar-refractivity contribution in [1.82, 2.24) is 9.80 Å². The highest BCUT2D eigenvalue weighted by Gasteiger charge is 2.46. The first-order valence-corrected chi connectivity index (χ1v) is 8.13. The first kappa shape index (κ1) is 14.4. The number of hydrogen-bond acceptors (Lipinski definition) is 2. The number of hydrogen-bond donors (Lipinski definition) is 1. The van der Waals surface area contributed by atoms with Crippen LogP contribution >= 0.6 is 0 Å². The summed E-state index contributed by atoms with van der Waals surface area (Å²) in [6.07, 6.45) is 3.87. The van der Waals surface area contributed by atoms with E-state index < -0.39 is 0 Å². The molecule has 4 heteroatoms. The Bertz CT molecular complexity index is 476. The van der Waals surface area contributed by atoms with Crippen molar-refractivity contribution in [2.75, 3.05) is 31.5 Å². The minimum atomic E-state index is 0.0455. The second-order valence-electron chi connectivity index (χ2n) is 6.23. The zero-order chi connectivity index (χ0) is 14.7. The van der Waals surface area contributed by atoms with Crippen molar-refractivity contribution in [2.45, 2.75) is 32.2 Å². The van der Waals surface area contributed by atoms with Gasteiger partial charge in [0, 0.05) is 37.3 Å². The molecule has 2 atom stereocenters. The van der Waals surface area contributed by atoms with Crippen LogP contribution in [0.4, 0.5) is 10.5 Å². The molecule has 2 heterocycles. The molecule has 2 amide bonds. The molecule has 0 aromatic heterocycles. The quantitative estimate of drug-likeness (QED) is 0.845. The lowest BCUT2D eigenvalue weighted by Crippen LogP contribution is -2.55. The highest BCUT2D eigenvalue weighted by Crippen LogP contribution is 2.32. The van der Waals surface area contributed by atoms with Crippen LogP contribution in [0.5, 0.6) is 0 Å². The minimum absolute atomic E-state index is 0.0455. The Morgan fingerprint density at radius 3 is 2.76 bits per heavy atom. The van der Waals surface area contributed by atoms with Gasteiger partial charge in [-0.3, -0.25) is 4.90 Å². The van der Waals surface area contributed by atoms with E-state index in [2.05, 4.69) is 17.1 Å². The number of nitrogens with one attached hydrogen (secondary N) is 1. The molecular formula is C17H25N3O. The number of urea groups is 1. The van der Waals surface area contributed by atoms with Crippen LogP contribution in [0.15, 0.2) is 30.3 Å². The molecule has 21 heavy (non-hydrogen) atoms. The number of para-hydroxylation sites is 1. The monoisotopic (exact) mass is 287 g/mol. The van der Waals surface area contributed by atoms with Gasteiger partial charge in [-0.2, -0.15) is 0 Å². The predicted octanol–water partition coefficient (Wildman–Crippen LogP) is 3.02. The Hall–Kier alpha value is -1.55. The number of unbranched alkanes of at least 4 members (excludes halogenated alkanes) is 2. The molecular weight excluding hydrogens is 262 g/mol. The Balaban J connectivity index is 1.47. The van der Waals surface area contributed by atoms with Crippen molar-refractivity contribution in [2.24, 2.45) is 5.92 Å². The summed E-state index contributed by atoms with van der Waals surface area (Å²) in [5.74, 6) is 0.688. The maximum Gasteiger partial charge on any atom is 0.321 e. The van der Waals surface area contributed by atoms with Gasteiger partial charge in [0.05, 0.1) is 0 Å². The summed E-state index contributed by atoms with van der Waals surface area (Å²) in [5.41, 5.74) is 0.876. The van der Waals surface area contributed by atoms with Crippen LogP contribution in [0.3, 0.4) is 0 Å². The lowest BCUT2D eigenvalue weighted by atomic mass is 9.92. The van der Waals surface area contributed by atoms with Crippen molar-refractivity contribution >= 4 is 11.7 Å². The number of anilines is 1.